The fourth-order valence-electron chi connectivity index (χ4n) is 2.33. The molecular weight excluding hydrogens is 264 g/mol. The van der Waals surface area contributed by atoms with Crippen LogP contribution in [0.3, 0.4) is 0 Å². The van der Waals surface area contributed by atoms with Crippen molar-refractivity contribution in [3.8, 4) is 0 Å². The van der Waals surface area contributed by atoms with Crippen molar-refractivity contribution in [2.45, 2.75) is 53.9 Å². The molecule has 0 bridgehead atoms. The van der Waals surface area contributed by atoms with E-state index in [1.165, 1.54) is 5.56 Å². The van der Waals surface area contributed by atoms with Crippen LogP contribution in [0.2, 0.25) is 0 Å². The van der Waals surface area contributed by atoms with E-state index in [0.717, 1.165) is 43.5 Å². The van der Waals surface area contributed by atoms with E-state index in [9.17, 15) is 0 Å². The highest BCUT2D eigenvalue weighted by atomic mass is 16.5. The van der Waals surface area contributed by atoms with E-state index in [-0.39, 0.29) is 0 Å². The Morgan fingerprint density at radius 2 is 1.95 bits per heavy atom. The van der Waals surface area contributed by atoms with Crippen LogP contribution in [0.25, 0.3) is 0 Å². The normalized spacial score (nSPS) is 13.6. The number of aliphatic imine (C=N–C) groups is 1. The number of aromatic nitrogens is 1. The number of guanidine groups is 1. The van der Waals surface area contributed by atoms with Crippen molar-refractivity contribution in [2.24, 2.45) is 10.9 Å². The van der Waals surface area contributed by atoms with Gasteiger partial charge in [-0.2, -0.15) is 0 Å². The second-order valence-corrected chi connectivity index (χ2v) is 5.97. The van der Waals surface area contributed by atoms with Crippen molar-refractivity contribution >= 4 is 5.96 Å². The molecule has 0 aliphatic carbocycles. The van der Waals surface area contributed by atoms with Crippen LogP contribution >= 0.6 is 0 Å². The van der Waals surface area contributed by atoms with Gasteiger partial charge < -0.3 is 15.2 Å². The third kappa shape index (κ3) is 5.78. The molecule has 0 saturated heterocycles. The van der Waals surface area contributed by atoms with Gasteiger partial charge in [0, 0.05) is 31.1 Å². The Morgan fingerprint density at radius 1 is 1.24 bits per heavy atom. The summed E-state index contributed by atoms with van der Waals surface area (Å²) < 4.78 is 5.23. The molecule has 1 atom stereocenters. The predicted octanol–water partition coefficient (Wildman–Crippen LogP) is 3.00. The molecule has 1 unspecified atom stereocenters. The van der Waals surface area contributed by atoms with Gasteiger partial charge >= 0.3 is 0 Å². The minimum absolute atomic E-state index is 0.303. The smallest absolute Gasteiger partial charge is 0.191 e. The molecule has 21 heavy (non-hydrogen) atoms. The Bertz CT molecular complexity index is 432. The molecular formula is C16H30N4O. The van der Waals surface area contributed by atoms with E-state index in [2.05, 4.69) is 48.5 Å². The molecule has 5 nitrogen and oxygen atoms in total. The maximum Gasteiger partial charge on any atom is 0.191 e. The van der Waals surface area contributed by atoms with Crippen molar-refractivity contribution in [3.05, 3.63) is 17.0 Å². The second kappa shape index (κ2) is 8.70. The Labute approximate surface area is 128 Å². The lowest BCUT2D eigenvalue weighted by molar-refractivity contribution is 0.391. The topological polar surface area (TPSA) is 62.5 Å². The van der Waals surface area contributed by atoms with Crippen LogP contribution < -0.4 is 10.6 Å². The molecule has 1 heterocycles. The molecule has 0 saturated carbocycles. The van der Waals surface area contributed by atoms with Gasteiger partial charge in [0.2, 0.25) is 0 Å². The standard InChI is InChI=1S/C16H30N4O/c1-7-17-16(18-9-8-11(2)3)19-10-12(4)15-13(5)20-21-14(15)6/h11-12H,7-10H2,1-6H3,(H2,17,18,19). The summed E-state index contributed by atoms with van der Waals surface area (Å²) in [5.41, 5.74) is 2.14. The number of hydrogen-bond donors (Lipinski definition) is 2. The fraction of sp³-hybridized carbons (Fsp3) is 0.750. The molecule has 5 heteroatoms. The van der Waals surface area contributed by atoms with Crippen LogP contribution in [0, 0.1) is 19.8 Å². The van der Waals surface area contributed by atoms with Gasteiger partial charge in [0.25, 0.3) is 0 Å². The average Bonchev–Trinajstić information content (AvgIpc) is 2.75. The van der Waals surface area contributed by atoms with Gasteiger partial charge in [-0.15, -0.1) is 0 Å². The van der Waals surface area contributed by atoms with Crippen molar-refractivity contribution in [1.29, 1.82) is 0 Å². The molecule has 0 spiro atoms. The van der Waals surface area contributed by atoms with E-state index in [4.69, 9.17) is 4.52 Å². The molecule has 0 fully saturated rings. The molecule has 1 aromatic heterocycles. The van der Waals surface area contributed by atoms with Gasteiger partial charge in [0.05, 0.1) is 5.69 Å². The van der Waals surface area contributed by atoms with Crippen molar-refractivity contribution < 1.29 is 4.52 Å². The molecule has 0 radical (unpaired) electrons. The summed E-state index contributed by atoms with van der Waals surface area (Å²) in [4.78, 5) is 4.67. The molecule has 1 rings (SSSR count). The predicted molar refractivity (Wildman–Crippen MR) is 87.8 cm³/mol. The maximum atomic E-state index is 5.23. The molecule has 2 N–H and O–H groups in total. The van der Waals surface area contributed by atoms with Gasteiger partial charge in [0.15, 0.2) is 5.96 Å². The first-order valence-corrected chi connectivity index (χ1v) is 7.90. The Hall–Kier alpha value is -1.52. The van der Waals surface area contributed by atoms with Crippen molar-refractivity contribution in [3.63, 3.8) is 0 Å². The molecule has 0 aliphatic heterocycles. The summed E-state index contributed by atoms with van der Waals surface area (Å²) in [6, 6.07) is 0. The Morgan fingerprint density at radius 3 is 2.48 bits per heavy atom. The van der Waals surface area contributed by atoms with E-state index in [1.807, 2.05) is 13.8 Å². The number of aryl methyl sites for hydroxylation is 2. The minimum Gasteiger partial charge on any atom is -0.361 e. The molecule has 0 aliphatic rings. The zero-order chi connectivity index (χ0) is 15.8. The van der Waals surface area contributed by atoms with E-state index in [1.54, 1.807) is 0 Å². The lowest BCUT2D eigenvalue weighted by Gasteiger charge is -2.14. The minimum atomic E-state index is 0.303. The summed E-state index contributed by atoms with van der Waals surface area (Å²) in [5.74, 6) is 2.78. The third-order valence-corrected chi connectivity index (χ3v) is 3.46. The van der Waals surface area contributed by atoms with Crippen LogP contribution in [0.4, 0.5) is 0 Å². The van der Waals surface area contributed by atoms with Crippen LogP contribution in [0.15, 0.2) is 9.52 Å². The first-order chi connectivity index (χ1) is 9.95. The SMILES string of the molecule is CCNC(=NCC(C)c1c(C)noc1C)NCCC(C)C. The highest BCUT2D eigenvalue weighted by molar-refractivity contribution is 5.79. The Balaban J connectivity index is 2.60. The van der Waals surface area contributed by atoms with E-state index >= 15 is 0 Å². The third-order valence-electron chi connectivity index (χ3n) is 3.46. The monoisotopic (exact) mass is 294 g/mol. The van der Waals surface area contributed by atoms with Gasteiger partial charge in [0.1, 0.15) is 5.76 Å². The number of rotatable bonds is 7. The van der Waals surface area contributed by atoms with Gasteiger partial charge in [-0.05, 0) is 33.1 Å². The van der Waals surface area contributed by atoms with Gasteiger partial charge in [-0.1, -0.05) is 25.9 Å². The molecule has 0 amide bonds. The lowest BCUT2D eigenvalue weighted by Crippen LogP contribution is -2.38. The average molecular weight is 294 g/mol. The highest BCUT2D eigenvalue weighted by Crippen LogP contribution is 2.23. The summed E-state index contributed by atoms with van der Waals surface area (Å²) >= 11 is 0. The molecule has 0 aromatic carbocycles. The summed E-state index contributed by atoms with van der Waals surface area (Å²) in [7, 11) is 0. The highest BCUT2D eigenvalue weighted by Gasteiger charge is 2.16. The van der Waals surface area contributed by atoms with E-state index < -0.39 is 0 Å². The first-order valence-electron chi connectivity index (χ1n) is 7.90. The zero-order valence-corrected chi connectivity index (χ0v) is 14.3. The van der Waals surface area contributed by atoms with E-state index in [0.29, 0.717) is 11.8 Å². The largest absolute Gasteiger partial charge is 0.361 e. The lowest BCUT2D eigenvalue weighted by atomic mass is 10.00. The number of nitrogens with one attached hydrogen (secondary N) is 2. The number of nitrogens with zero attached hydrogens (tertiary/aromatic N) is 2. The molecule has 120 valence electrons. The summed E-state index contributed by atoms with van der Waals surface area (Å²) in [5, 5.41) is 10.7. The quantitative estimate of drug-likeness (QED) is 0.599. The maximum absolute atomic E-state index is 5.23. The van der Waals surface area contributed by atoms with Crippen molar-refractivity contribution in [1.82, 2.24) is 15.8 Å². The van der Waals surface area contributed by atoms with Crippen LogP contribution in [-0.4, -0.2) is 30.8 Å². The van der Waals surface area contributed by atoms with Crippen molar-refractivity contribution in [2.75, 3.05) is 19.6 Å². The summed E-state index contributed by atoms with van der Waals surface area (Å²) in [6.07, 6.45) is 1.14. The Kier molecular flexibility index (Phi) is 7.26. The van der Waals surface area contributed by atoms with Gasteiger partial charge in [-0.25, -0.2) is 0 Å². The van der Waals surface area contributed by atoms with Crippen LogP contribution in [0.1, 0.15) is 57.1 Å². The second-order valence-electron chi connectivity index (χ2n) is 5.97. The first kappa shape index (κ1) is 17.5. The summed E-state index contributed by atoms with van der Waals surface area (Å²) in [6.45, 7) is 15.2. The zero-order valence-electron chi connectivity index (χ0n) is 14.3. The van der Waals surface area contributed by atoms with Crippen LogP contribution in [0.5, 0.6) is 0 Å². The number of hydrogen-bond acceptors (Lipinski definition) is 3. The fourth-order valence-corrected chi connectivity index (χ4v) is 2.33. The molecule has 1 aromatic rings. The van der Waals surface area contributed by atoms with Gasteiger partial charge in [-0.3, -0.25) is 4.99 Å². The van der Waals surface area contributed by atoms with Crippen LogP contribution in [-0.2, 0) is 0 Å².